The molecule has 0 bridgehead atoms. The van der Waals surface area contributed by atoms with Crippen LogP contribution in [0.2, 0.25) is 1.41 Å². The van der Waals surface area contributed by atoms with Crippen LogP contribution in [0.25, 0.3) is 10.8 Å². The Hall–Kier alpha value is -2.03. The van der Waals surface area contributed by atoms with Crippen LogP contribution in [0.4, 0.5) is 5.69 Å². The van der Waals surface area contributed by atoms with Gasteiger partial charge in [-0.1, -0.05) is 36.4 Å². The van der Waals surface area contributed by atoms with Crippen LogP contribution in [0, 0.1) is 0 Å². The second kappa shape index (κ2) is 4.23. The molecule has 0 aromatic heterocycles. The van der Waals surface area contributed by atoms with E-state index in [0.717, 1.165) is 16.1 Å². The van der Waals surface area contributed by atoms with Crippen LogP contribution < -0.4 is 5.31 Å². The first kappa shape index (κ1) is 9.21. The largest absolute Gasteiger partial charge is 0.480 e. The van der Waals surface area contributed by atoms with Crippen molar-refractivity contribution in [3.05, 3.63) is 42.5 Å². The minimum Gasteiger partial charge on any atom is -0.480 e. The van der Waals surface area contributed by atoms with Crippen LogP contribution in [0.3, 0.4) is 0 Å². The van der Waals surface area contributed by atoms with Crippen molar-refractivity contribution in [1.82, 2.24) is 0 Å². The molecule has 0 radical (unpaired) electrons. The number of carbonyl (C=O) groups is 1. The molecule has 0 saturated heterocycles. The van der Waals surface area contributed by atoms with E-state index in [2.05, 4.69) is 0 Å². The van der Waals surface area contributed by atoms with Crippen molar-refractivity contribution in [2.75, 3.05) is 5.31 Å². The summed E-state index contributed by atoms with van der Waals surface area (Å²) in [5.41, 5.74) is 0.609. The highest BCUT2D eigenvalue weighted by atomic mass is 16.4. The van der Waals surface area contributed by atoms with Crippen molar-refractivity contribution in [3.8, 4) is 0 Å². The lowest BCUT2D eigenvalue weighted by molar-refractivity contribution is -0.137. The Morgan fingerprint density at radius 2 is 2.00 bits per heavy atom. The molecule has 3 heteroatoms. The van der Waals surface area contributed by atoms with E-state index < -0.39 is 12.0 Å². The average molecular weight is 216 g/mol. The number of aliphatic carboxylic acids is 1. The average Bonchev–Trinajstić information content (AvgIpc) is 2.36. The van der Waals surface area contributed by atoms with Crippen molar-refractivity contribution in [3.63, 3.8) is 0 Å². The predicted molar refractivity (Wildman–Crippen MR) is 64.7 cm³/mol. The predicted octanol–water partition coefficient (Wildman–Crippen LogP) is 2.72. The lowest BCUT2D eigenvalue weighted by Crippen LogP contribution is -2.25. The van der Waals surface area contributed by atoms with E-state index in [1.54, 1.807) is 6.07 Å². The maximum atomic E-state index is 10.9. The fourth-order valence-electron chi connectivity index (χ4n) is 1.58. The molecule has 2 rings (SSSR count). The topological polar surface area (TPSA) is 49.3 Å². The molecule has 0 aliphatic heterocycles. The fraction of sp³-hybridized carbons (Fsp3) is 0.154. The minimum absolute atomic E-state index is 0.609. The third kappa shape index (κ3) is 1.98. The zero-order valence-corrected chi connectivity index (χ0v) is 8.92. The maximum Gasteiger partial charge on any atom is 0.325 e. The molecule has 0 aliphatic carbocycles. The van der Waals surface area contributed by atoms with Gasteiger partial charge in [-0.15, -0.1) is 0 Å². The third-order valence-corrected chi connectivity index (χ3v) is 2.46. The molecule has 0 heterocycles. The Bertz CT molecular complexity index is 551. The van der Waals surface area contributed by atoms with E-state index >= 15 is 0 Å². The number of benzene rings is 2. The van der Waals surface area contributed by atoms with Crippen LogP contribution in [0.15, 0.2) is 42.5 Å². The Balaban J connectivity index is 2.52. The van der Waals surface area contributed by atoms with Gasteiger partial charge < -0.3 is 10.4 Å². The van der Waals surface area contributed by atoms with Gasteiger partial charge in [0.25, 0.3) is 0 Å². The fourth-order valence-corrected chi connectivity index (χ4v) is 1.58. The van der Waals surface area contributed by atoms with Gasteiger partial charge in [-0.25, -0.2) is 0 Å². The molecule has 0 amide bonds. The number of rotatable bonds is 3. The summed E-state index contributed by atoms with van der Waals surface area (Å²) in [5, 5.41) is 11.8. The lowest BCUT2D eigenvalue weighted by Gasteiger charge is -2.12. The van der Waals surface area contributed by atoms with Gasteiger partial charge in [0.1, 0.15) is 6.04 Å². The molecular formula is C13H13NO2. The zero-order chi connectivity index (χ0) is 12.4. The van der Waals surface area contributed by atoms with Crippen LogP contribution >= 0.6 is 0 Å². The second-order valence-corrected chi connectivity index (χ2v) is 3.64. The molecule has 3 nitrogen and oxygen atoms in total. The Morgan fingerprint density at radius 1 is 1.31 bits per heavy atom. The van der Waals surface area contributed by atoms with Gasteiger partial charge >= 0.3 is 5.97 Å². The SMILES string of the molecule is [2H]N(c1cccc2ccccc12)[C@@H](C)C(=O)O. The zero-order valence-electron chi connectivity index (χ0n) is 9.92. The van der Waals surface area contributed by atoms with Gasteiger partial charge in [-0.2, -0.15) is 0 Å². The molecule has 82 valence electrons. The molecule has 16 heavy (non-hydrogen) atoms. The quantitative estimate of drug-likeness (QED) is 0.829. The summed E-state index contributed by atoms with van der Waals surface area (Å²) in [5.74, 6) is -1.01. The summed E-state index contributed by atoms with van der Waals surface area (Å²) < 4.78 is 7.88. The smallest absolute Gasteiger partial charge is 0.325 e. The van der Waals surface area contributed by atoms with Crippen LogP contribution in [-0.2, 0) is 4.79 Å². The molecule has 2 aromatic rings. The van der Waals surface area contributed by atoms with Crippen molar-refractivity contribution in [1.29, 1.82) is 0 Å². The standard InChI is InChI=1S/C13H13NO2/c1-9(13(15)16)14-12-8-4-6-10-5-2-3-7-11(10)12/h2-9,14H,1H3,(H,15,16)/t9-/m0/s1/i/hD. The number of carboxylic acids is 1. The number of carboxylic acid groups (broad SMARTS) is 1. The molecule has 0 saturated carbocycles. The highest BCUT2D eigenvalue weighted by Crippen LogP contribution is 2.23. The van der Waals surface area contributed by atoms with Gasteiger partial charge in [-0.3, -0.25) is 4.79 Å². The van der Waals surface area contributed by atoms with Crippen molar-refractivity contribution in [2.24, 2.45) is 0 Å². The lowest BCUT2D eigenvalue weighted by atomic mass is 10.1. The van der Waals surface area contributed by atoms with Crippen molar-refractivity contribution >= 4 is 22.4 Å². The van der Waals surface area contributed by atoms with Crippen molar-refractivity contribution < 1.29 is 11.3 Å². The molecule has 2 N–H and O–H groups in total. The van der Waals surface area contributed by atoms with Crippen LogP contribution in [0.5, 0.6) is 0 Å². The van der Waals surface area contributed by atoms with Crippen LogP contribution in [-0.4, -0.2) is 17.1 Å². The van der Waals surface area contributed by atoms with Gasteiger partial charge in [0.15, 0.2) is 1.41 Å². The number of anilines is 1. The van der Waals surface area contributed by atoms with Gasteiger partial charge in [0.2, 0.25) is 0 Å². The summed E-state index contributed by atoms with van der Waals surface area (Å²) in [6.45, 7) is 1.50. The normalized spacial score (nSPS) is 13.2. The number of hydrogen-bond donors (Lipinski definition) is 2. The summed E-state index contributed by atoms with van der Waals surface area (Å²) in [7, 11) is 0. The maximum absolute atomic E-state index is 10.9. The Kier molecular flexibility index (Phi) is 2.43. The summed E-state index contributed by atoms with van der Waals surface area (Å²) in [4.78, 5) is 10.9. The molecule has 0 aliphatic rings. The summed E-state index contributed by atoms with van der Waals surface area (Å²) >= 11 is 0. The minimum atomic E-state index is -1.01. The Morgan fingerprint density at radius 3 is 2.75 bits per heavy atom. The van der Waals surface area contributed by atoms with E-state index in [4.69, 9.17) is 6.52 Å². The first-order valence-electron chi connectivity index (χ1n) is 5.54. The third-order valence-electron chi connectivity index (χ3n) is 2.46. The van der Waals surface area contributed by atoms with E-state index in [1.807, 2.05) is 36.4 Å². The van der Waals surface area contributed by atoms with Gasteiger partial charge in [0, 0.05) is 11.1 Å². The first-order chi connectivity index (χ1) is 8.11. The van der Waals surface area contributed by atoms with E-state index in [-0.39, 0.29) is 0 Å². The van der Waals surface area contributed by atoms with E-state index in [0.29, 0.717) is 5.69 Å². The molecule has 0 fully saturated rings. The van der Waals surface area contributed by atoms with Gasteiger partial charge in [-0.05, 0) is 18.4 Å². The van der Waals surface area contributed by atoms with Gasteiger partial charge in [0.05, 0.1) is 0 Å². The first-order valence-corrected chi connectivity index (χ1v) is 5.10. The molecule has 0 unspecified atom stereocenters. The molecular weight excluding hydrogens is 202 g/mol. The second-order valence-electron chi connectivity index (χ2n) is 3.64. The number of hydrogen-bond acceptors (Lipinski definition) is 2. The van der Waals surface area contributed by atoms with Crippen molar-refractivity contribution in [2.45, 2.75) is 13.0 Å². The van der Waals surface area contributed by atoms with E-state index in [9.17, 15) is 4.79 Å². The van der Waals surface area contributed by atoms with Crippen LogP contribution in [0.1, 0.15) is 6.92 Å². The summed E-state index contributed by atoms with van der Waals surface area (Å²) in [6, 6.07) is 12.3. The van der Waals surface area contributed by atoms with E-state index in [1.165, 1.54) is 6.92 Å². The summed E-state index contributed by atoms with van der Waals surface area (Å²) in [6.07, 6.45) is 0. The molecule has 1 atom stereocenters. The number of fused-ring (bicyclic) bond motifs is 1. The highest BCUT2D eigenvalue weighted by Gasteiger charge is 2.11. The highest BCUT2D eigenvalue weighted by molar-refractivity contribution is 5.95. The Labute approximate surface area is 95.2 Å². The molecule has 0 spiro atoms. The molecule has 2 aromatic carbocycles. The monoisotopic (exact) mass is 216 g/mol. The number of nitrogens with one attached hydrogen (secondary N) is 1.